The highest BCUT2D eigenvalue weighted by Gasteiger charge is 2.35. The van der Waals surface area contributed by atoms with Crippen molar-refractivity contribution in [3.8, 4) is 5.75 Å². The summed E-state index contributed by atoms with van der Waals surface area (Å²) in [6, 6.07) is 17.1. The molecule has 9 heteroatoms. The first-order chi connectivity index (χ1) is 16.9. The Balaban J connectivity index is 0.000000421. The highest BCUT2D eigenvalue weighted by Crippen LogP contribution is 2.35. The molecule has 1 fully saturated rings. The fourth-order valence-electron chi connectivity index (χ4n) is 3.71. The number of para-hydroxylation sites is 2. The molecule has 0 saturated carbocycles. The summed E-state index contributed by atoms with van der Waals surface area (Å²) in [5, 5.41) is 2.73. The number of anilines is 1. The van der Waals surface area contributed by atoms with Crippen LogP contribution in [0.4, 0.5) is 5.69 Å². The lowest BCUT2D eigenvalue weighted by Crippen LogP contribution is -2.21. The number of fused-ring (bicyclic) bond motifs is 2. The molecule has 0 atom stereocenters. The summed E-state index contributed by atoms with van der Waals surface area (Å²) in [4.78, 5) is 25.2. The van der Waals surface area contributed by atoms with E-state index in [2.05, 4.69) is 5.32 Å². The number of sulfone groups is 1. The zero-order chi connectivity index (χ0) is 24.8. The number of nitrogens with one attached hydrogen (secondary N) is 1. The molecule has 0 bridgehead atoms. The maximum atomic E-state index is 13.0. The van der Waals surface area contributed by atoms with Crippen molar-refractivity contribution >= 4 is 27.2 Å². The second-order valence-corrected chi connectivity index (χ2v) is 9.53. The van der Waals surface area contributed by atoms with Crippen molar-refractivity contribution in [2.24, 2.45) is 0 Å². The number of benzene rings is 3. The lowest BCUT2D eigenvalue weighted by molar-refractivity contribution is -0.0334. The van der Waals surface area contributed by atoms with Crippen LogP contribution in [-0.2, 0) is 19.3 Å². The van der Waals surface area contributed by atoms with Crippen molar-refractivity contribution < 1.29 is 32.2 Å². The van der Waals surface area contributed by atoms with Crippen molar-refractivity contribution in [1.29, 1.82) is 0 Å². The third-order valence-corrected chi connectivity index (χ3v) is 7.23. The van der Waals surface area contributed by atoms with Gasteiger partial charge < -0.3 is 19.5 Å². The van der Waals surface area contributed by atoms with Gasteiger partial charge in [0.05, 0.1) is 48.5 Å². The van der Waals surface area contributed by atoms with Gasteiger partial charge in [0.1, 0.15) is 5.75 Å². The van der Waals surface area contributed by atoms with E-state index in [0.29, 0.717) is 18.0 Å². The summed E-state index contributed by atoms with van der Waals surface area (Å²) in [7, 11) is -3.91. The van der Waals surface area contributed by atoms with E-state index in [4.69, 9.17) is 14.2 Å². The Morgan fingerprint density at radius 2 is 1.51 bits per heavy atom. The number of ketones is 1. The van der Waals surface area contributed by atoms with E-state index >= 15 is 0 Å². The number of rotatable bonds is 4. The minimum Gasteiger partial charge on any atom is -0.492 e. The van der Waals surface area contributed by atoms with Crippen LogP contribution >= 0.6 is 0 Å². The maximum absolute atomic E-state index is 13.0. The highest BCUT2D eigenvalue weighted by molar-refractivity contribution is 7.91. The van der Waals surface area contributed by atoms with Crippen LogP contribution in [-0.4, -0.2) is 53.1 Å². The van der Waals surface area contributed by atoms with Gasteiger partial charge in [-0.3, -0.25) is 9.59 Å². The van der Waals surface area contributed by atoms with E-state index in [1.807, 2.05) is 6.92 Å². The summed E-state index contributed by atoms with van der Waals surface area (Å²) in [5.74, 6) is -0.362. The summed E-state index contributed by atoms with van der Waals surface area (Å²) in [5.41, 5.74) is 0.810. The Labute approximate surface area is 203 Å². The zero-order valence-electron chi connectivity index (χ0n) is 19.2. The topological polar surface area (TPSA) is 108 Å². The molecule has 8 nitrogen and oxygen atoms in total. The van der Waals surface area contributed by atoms with Crippen LogP contribution in [0.5, 0.6) is 5.75 Å². The van der Waals surface area contributed by atoms with Crippen LogP contribution in [0, 0.1) is 0 Å². The van der Waals surface area contributed by atoms with Crippen LogP contribution < -0.4 is 10.1 Å². The van der Waals surface area contributed by atoms with Gasteiger partial charge in [-0.15, -0.1) is 0 Å². The lowest BCUT2D eigenvalue weighted by atomic mass is 10.0. The van der Waals surface area contributed by atoms with Gasteiger partial charge >= 0.3 is 0 Å². The Bertz CT molecular complexity index is 1340. The van der Waals surface area contributed by atoms with Crippen molar-refractivity contribution in [2.75, 3.05) is 38.4 Å². The standard InChI is InChI=1S/C22H17NO5S.C4H8O2/c1-2-28-18-9-5-4-8-17(18)23-22(25)14-11-12-16-20(13-14)29(26,27)19-10-6-3-7-15(19)21(16)24;1-2-6-4-3-5-1/h3-13H,2H2,1H3,(H,23,25);1-4H2. The average molecular weight is 496 g/mol. The van der Waals surface area contributed by atoms with Gasteiger partial charge in [-0.05, 0) is 49.4 Å². The van der Waals surface area contributed by atoms with Crippen molar-refractivity contribution in [3.05, 3.63) is 83.4 Å². The minimum absolute atomic E-state index is 0.0447. The molecule has 3 aromatic carbocycles. The number of ether oxygens (including phenoxy) is 3. The predicted octanol–water partition coefficient (Wildman–Crippen LogP) is 3.75. The number of hydrogen-bond donors (Lipinski definition) is 1. The van der Waals surface area contributed by atoms with Crippen LogP contribution in [0.2, 0.25) is 0 Å². The first kappa shape index (κ1) is 24.6. The molecule has 3 aromatic rings. The zero-order valence-corrected chi connectivity index (χ0v) is 20.0. The molecule has 2 aliphatic heterocycles. The molecule has 1 amide bonds. The molecule has 1 saturated heterocycles. The van der Waals surface area contributed by atoms with Gasteiger partial charge in [-0.25, -0.2) is 8.42 Å². The Morgan fingerprint density at radius 1 is 0.886 bits per heavy atom. The summed E-state index contributed by atoms with van der Waals surface area (Å²) in [6.07, 6.45) is 0. The first-order valence-corrected chi connectivity index (χ1v) is 12.6. The number of hydrogen-bond acceptors (Lipinski definition) is 7. The van der Waals surface area contributed by atoms with Crippen LogP contribution in [0.15, 0.2) is 76.5 Å². The molecular formula is C26H25NO7S. The van der Waals surface area contributed by atoms with Gasteiger partial charge in [0.2, 0.25) is 9.84 Å². The largest absolute Gasteiger partial charge is 0.492 e. The maximum Gasteiger partial charge on any atom is 0.255 e. The molecule has 0 aromatic heterocycles. The van der Waals surface area contributed by atoms with Gasteiger partial charge in [-0.1, -0.05) is 24.3 Å². The van der Waals surface area contributed by atoms with Crippen LogP contribution in [0.3, 0.4) is 0 Å². The molecule has 1 N–H and O–H groups in total. The predicted molar refractivity (Wildman–Crippen MR) is 129 cm³/mol. The van der Waals surface area contributed by atoms with E-state index in [-0.39, 0.29) is 32.3 Å². The summed E-state index contributed by atoms with van der Waals surface area (Å²) in [6.45, 7) is 5.38. The number of amides is 1. The minimum atomic E-state index is -3.91. The SMILES string of the molecule is C1COCCO1.CCOc1ccccc1NC(=O)c1ccc2c(c1)S(=O)(=O)c1ccccc1C2=O. The van der Waals surface area contributed by atoms with Gasteiger partial charge in [0.25, 0.3) is 5.91 Å². The molecule has 0 unspecified atom stereocenters. The van der Waals surface area contributed by atoms with Crippen molar-refractivity contribution in [1.82, 2.24) is 0 Å². The van der Waals surface area contributed by atoms with Crippen molar-refractivity contribution in [2.45, 2.75) is 16.7 Å². The molecule has 0 radical (unpaired) electrons. The molecule has 0 spiro atoms. The normalized spacial score (nSPS) is 15.6. The number of carbonyl (C=O) groups is 2. The molecule has 182 valence electrons. The monoisotopic (exact) mass is 495 g/mol. The molecule has 0 aliphatic carbocycles. The van der Waals surface area contributed by atoms with Gasteiger partial charge in [0.15, 0.2) is 5.78 Å². The van der Waals surface area contributed by atoms with Crippen LogP contribution in [0.1, 0.15) is 33.2 Å². The second kappa shape index (κ2) is 10.8. The summed E-state index contributed by atoms with van der Waals surface area (Å²) >= 11 is 0. The van der Waals surface area contributed by atoms with Gasteiger partial charge in [0, 0.05) is 16.7 Å². The highest BCUT2D eigenvalue weighted by atomic mass is 32.2. The van der Waals surface area contributed by atoms with E-state index in [1.165, 1.54) is 30.3 Å². The molecule has 2 heterocycles. The van der Waals surface area contributed by atoms with E-state index in [1.54, 1.807) is 36.4 Å². The average Bonchev–Trinajstić information content (AvgIpc) is 2.90. The smallest absolute Gasteiger partial charge is 0.255 e. The van der Waals surface area contributed by atoms with Gasteiger partial charge in [-0.2, -0.15) is 0 Å². The second-order valence-electron chi connectivity index (χ2n) is 7.65. The first-order valence-electron chi connectivity index (χ1n) is 11.1. The van der Waals surface area contributed by atoms with E-state index < -0.39 is 15.7 Å². The quantitative estimate of drug-likeness (QED) is 0.459. The van der Waals surface area contributed by atoms with Crippen LogP contribution in [0.25, 0.3) is 0 Å². The lowest BCUT2D eigenvalue weighted by Gasteiger charge is -2.19. The molecule has 35 heavy (non-hydrogen) atoms. The van der Waals surface area contributed by atoms with Crippen molar-refractivity contribution in [3.63, 3.8) is 0 Å². The summed E-state index contributed by atoms with van der Waals surface area (Å²) < 4.78 is 41.4. The Kier molecular flexibility index (Phi) is 7.60. The third-order valence-electron chi connectivity index (χ3n) is 5.38. The Morgan fingerprint density at radius 3 is 2.20 bits per heavy atom. The molecular weight excluding hydrogens is 470 g/mol. The van der Waals surface area contributed by atoms with E-state index in [0.717, 1.165) is 26.4 Å². The van der Waals surface area contributed by atoms with E-state index in [9.17, 15) is 18.0 Å². The fourth-order valence-corrected chi connectivity index (χ4v) is 5.39. The molecule has 2 aliphatic rings. The third kappa shape index (κ3) is 5.27. The number of carbonyl (C=O) groups excluding carboxylic acids is 2. The Hall–Kier alpha value is -3.53. The molecule has 5 rings (SSSR count). The fraction of sp³-hybridized carbons (Fsp3) is 0.231.